The molecule has 6 nitrogen and oxygen atoms in total. The number of hydrogen-bond acceptors (Lipinski definition) is 6. The van der Waals surface area contributed by atoms with Gasteiger partial charge in [-0.1, -0.05) is 23.5 Å². The molecule has 0 amide bonds. The van der Waals surface area contributed by atoms with E-state index in [1.165, 1.54) is 0 Å². The van der Waals surface area contributed by atoms with E-state index in [2.05, 4.69) is 0 Å². The Labute approximate surface area is 196 Å². The van der Waals surface area contributed by atoms with Gasteiger partial charge in [0, 0.05) is 11.5 Å². The average Bonchev–Trinajstić information content (AvgIpc) is 2.57. The van der Waals surface area contributed by atoms with E-state index in [4.69, 9.17) is 22.3 Å². The second kappa shape index (κ2) is 11.9. The first-order valence-electron chi connectivity index (χ1n) is 7.37. The molecule has 0 heterocycles. The topological polar surface area (TPSA) is 134 Å². The molecule has 0 saturated heterocycles. The monoisotopic (exact) mass is 590 g/mol. The van der Waals surface area contributed by atoms with Crippen LogP contribution in [0.25, 0.3) is 0 Å². The fraction of sp³-hybridized carbons (Fsp3) is 0.125. The Morgan fingerprint density at radius 1 is 0.828 bits per heavy atom. The van der Waals surface area contributed by atoms with Crippen molar-refractivity contribution in [1.29, 1.82) is 10.8 Å². The van der Waals surface area contributed by atoms with E-state index in [1.807, 2.05) is 0 Å². The summed E-state index contributed by atoms with van der Waals surface area (Å²) >= 11 is 1.72. The van der Waals surface area contributed by atoms with E-state index in [9.17, 15) is 17.2 Å². The summed E-state index contributed by atoms with van der Waals surface area (Å²) in [6, 6.07) is 6.43. The zero-order valence-electron chi connectivity index (χ0n) is 14.6. The van der Waals surface area contributed by atoms with E-state index >= 15 is 0 Å². The highest BCUT2D eigenvalue weighted by molar-refractivity contribution is 8.93. The van der Waals surface area contributed by atoms with Crippen LogP contribution in [0.2, 0.25) is 0 Å². The van der Waals surface area contributed by atoms with E-state index < -0.39 is 21.5 Å². The minimum Gasteiger partial charge on any atom is -0.379 e. The molecule has 0 unspecified atom stereocenters. The summed E-state index contributed by atoms with van der Waals surface area (Å²) in [5, 5.41) is 14.1. The number of sulfone groups is 1. The Balaban J connectivity index is 0.00000392. The van der Waals surface area contributed by atoms with Gasteiger partial charge in [0.15, 0.2) is 10.3 Å². The van der Waals surface area contributed by atoms with Crippen LogP contribution in [0.3, 0.4) is 0 Å². The van der Waals surface area contributed by atoms with Gasteiger partial charge in [-0.2, -0.15) is 0 Å². The van der Waals surface area contributed by atoms with E-state index in [-0.39, 0.29) is 76.7 Å². The second-order valence-corrected chi connectivity index (χ2v) is 9.23. The van der Waals surface area contributed by atoms with Crippen molar-refractivity contribution in [3.05, 3.63) is 59.2 Å². The molecule has 0 aliphatic rings. The molecule has 6 N–H and O–H groups in total. The third-order valence-corrected chi connectivity index (χ3v) is 6.88. The summed E-state index contributed by atoms with van der Waals surface area (Å²) in [4.78, 5) is -0.309. The van der Waals surface area contributed by atoms with Gasteiger partial charge in [0.2, 0.25) is 9.84 Å². The number of thioether (sulfide) groups is 2. The molecule has 0 spiro atoms. The Bertz CT molecular complexity index is 934. The Morgan fingerprint density at radius 2 is 1.17 bits per heavy atom. The zero-order valence-corrected chi connectivity index (χ0v) is 20.5. The summed E-state index contributed by atoms with van der Waals surface area (Å²) in [6.07, 6.45) is 0. The predicted octanol–water partition coefficient (Wildman–Crippen LogP) is 4.21. The quantitative estimate of drug-likeness (QED) is 0.226. The van der Waals surface area contributed by atoms with Crippen molar-refractivity contribution in [3.8, 4) is 0 Å². The Kier molecular flexibility index (Phi) is 11.4. The average molecular weight is 592 g/mol. The molecule has 0 aromatic heterocycles. The summed E-state index contributed by atoms with van der Waals surface area (Å²) in [7, 11) is -4.11. The minimum atomic E-state index is -4.11. The molecule has 0 bridgehead atoms. The molecule has 2 aromatic carbocycles. The Morgan fingerprint density at radius 3 is 1.48 bits per heavy atom. The zero-order chi connectivity index (χ0) is 20.2. The molecule has 160 valence electrons. The lowest BCUT2D eigenvalue weighted by Crippen LogP contribution is -2.11. The molecule has 0 aliphatic heterocycles. The van der Waals surface area contributed by atoms with Crippen molar-refractivity contribution in [2.45, 2.75) is 21.3 Å². The highest BCUT2D eigenvalue weighted by atomic mass is 79.9. The molecule has 0 aliphatic carbocycles. The number of benzene rings is 2. The van der Waals surface area contributed by atoms with Crippen molar-refractivity contribution in [2.75, 3.05) is 0 Å². The van der Waals surface area contributed by atoms with Crippen LogP contribution in [0.5, 0.6) is 0 Å². The number of amidine groups is 2. The summed E-state index contributed by atoms with van der Waals surface area (Å²) in [5.74, 6) is -1.28. The standard InChI is InChI=1S/C16H16F2N4O2S3.2BrH/c17-11-1-3-13(9(5-11)7-25-15(19)20)27(23,24)14-4-2-12(18)6-10(14)8-26-16(21)22;;/h1-6H,7-8H2,(H3,19,20)(H3,21,22);2*1H. The maximum absolute atomic E-state index is 13.6. The molecule has 0 saturated carbocycles. The molecule has 2 aromatic rings. The van der Waals surface area contributed by atoms with Gasteiger partial charge in [0.1, 0.15) is 11.6 Å². The second-order valence-electron chi connectivity index (χ2n) is 5.31. The van der Waals surface area contributed by atoms with Crippen LogP contribution in [0.15, 0.2) is 46.2 Å². The van der Waals surface area contributed by atoms with Crippen molar-refractivity contribution in [3.63, 3.8) is 0 Å². The fourth-order valence-corrected chi connectivity index (χ4v) is 5.24. The number of nitrogens with one attached hydrogen (secondary N) is 2. The van der Waals surface area contributed by atoms with Gasteiger partial charge in [0.05, 0.1) is 9.79 Å². The lowest BCUT2D eigenvalue weighted by Gasteiger charge is -2.14. The third kappa shape index (κ3) is 7.55. The number of hydrogen-bond donors (Lipinski definition) is 4. The van der Waals surface area contributed by atoms with E-state index in [0.29, 0.717) is 0 Å². The molecule has 29 heavy (non-hydrogen) atoms. The lowest BCUT2D eigenvalue weighted by atomic mass is 10.2. The molecular formula is C16H18Br2F2N4O2S3. The molecule has 2 rings (SSSR count). The molecule has 13 heteroatoms. The van der Waals surface area contributed by atoms with Crippen LogP contribution >= 0.6 is 57.5 Å². The summed E-state index contributed by atoms with van der Waals surface area (Å²) < 4.78 is 53.6. The maximum Gasteiger partial charge on any atom is 0.207 e. The van der Waals surface area contributed by atoms with Crippen molar-refractivity contribution in [2.24, 2.45) is 11.5 Å². The van der Waals surface area contributed by atoms with Gasteiger partial charge < -0.3 is 11.5 Å². The van der Waals surface area contributed by atoms with Gasteiger partial charge >= 0.3 is 0 Å². The highest BCUT2D eigenvalue weighted by Gasteiger charge is 2.25. The van der Waals surface area contributed by atoms with Crippen molar-refractivity contribution >= 4 is 77.7 Å². The predicted molar refractivity (Wildman–Crippen MR) is 125 cm³/mol. The largest absolute Gasteiger partial charge is 0.379 e. The summed E-state index contributed by atoms with van der Waals surface area (Å²) in [6.45, 7) is 0. The fourth-order valence-electron chi connectivity index (χ4n) is 2.28. The molecule has 0 atom stereocenters. The molecular weight excluding hydrogens is 574 g/mol. The van der Waals surface area contributed by atoms with Crippen LogP contribution in [0.4, 0.5) is 8.78 Å². The summed E-state index contributed by atoms with van der Waals surface area (Å²) in [5.41, 5.74) is 10.9. The van der Waals surface area contributed by atoms with E-state index in [0.717, 1.165) is 59.9 Å². The van der Waals surface area contributed by atoms with Gasteiger partial charge in [-0.25, -0.2) is 17.2 Å². The first-order valence-corrected chi connectivity index (χ1v) is 10.8. The molecule has 0 fully saturated rings. The van der Waals surface area contributed by atoms with Crippen LogP contribution in [0.1, 0.15) is 11.1 Å². The first kappa shape index (κ1) is 27.8. The number of rotatable bonds is 6. The van der Waals surface area contributed by atoms with Crippen LogP contribution < -0.4 is 11.5 Å². The van der Waals surface area contributed by atoms with E-state index in [1.54, 1.807) is 0 Å². The highest BCUT2D eigenvalue weighted by Crippen LogP contribution is 2.31. The van der Waals surface area contributed by atoms with Crippen LogP contribution in [-0.4, -0.2) is 18.8 Å². The smallest absolute Gasteiger partial charge is 0.207 e. The van der Waals surface area contributed by atoms with Gasteiger partial charge in [-0.15, -0.1) is 34.0 Å². The Hall–Kier alpha value is -1.15. The van der Waals surface area contributed by atoms with Crippen LogP contribution in [-0.2, 0) is 21.3 Å². The normalized spacial score (nSPS) is 10.6. The lowest BCUT2D eigenvalue weighted by molar-refractivity contribution is 0.591. The maximum atomic E-state index is 13.6. The van der Waals surface area contributed by atoms with Gasteiger partial charge in [-0.05, 0) is 47.5 Å². The van der Waals surface area contributed by atoms with Crippen molar-refractivity contribution in [1.82, 2.24) is 0 Å². The van der Waals surface area contributed by atoms with Crippen molar-refractivity contribution < 1.29 is 17.2 Å². The third-order valence-electron chi connectivity index (χ3n) is 3.39. The van der Waals surface area contributed by atoms with Gasteiger partial charge in [0.25, 0.3) is 0 Å². The van der Waals surface area contributed by atoms with Gasteiger partial charge in [-0.3, -0.25) is 10.8 Å². The SMILES string of the molecule is Br.Br.N=C(N)SCc1cc(F)ccc1S(=O)(=O)c1ccc(F)cc1CSC(=N)N. The first-order chi connectivity index (χ1) is 12.6. The number of nitrogens with two attached hydrogens (primary N) is 2. The van der Waals surface area contributed by atoms with Crippen LogP contribution in [0, 0.1) is 22.5 Å². The molecule has 0 radical (unpaired) electrons. The number of halogens is 4. The minimum absolute atomic E-state index is 0.